The topological polar surface area (TPSA) is 90.6 Å². The van der Waals surface area contributed by atoms with Crippen molar-refractivity contribution in [1.82, 2.24) is 30.0 Å². The largest absolute Gasteiger partial charge is 0.472 e. The summed E-state index contributed by atoms with van der Waals surface area (Å²) < 4.78 is 16.0. The predicted molar refractivity (Wildman–Crippen MR) is 75.1 cm³/mol. The number of hydrogen-bond donors (Lipinski definition) is 1. The maximum Gasteiger partial charge on any atom is 0.368 e. The number of nitrogens with zero attached hydrogens (tertiary/aromatic N) is 5. The van der Waals surface area contributed by atoms with E-state index >= 15 is 0 Å². The number of halogens is 1. The molecule has 1 N–H and O–H groups in total. The summed E-state index contributed by atoms with van der Waals surface area (Å²) in [6.45, 7) is 0.194. The van der Waals surface area contributed by atoms with E-state index in [1.165, 1.54) is 29.3 Å². The first-order chi connectivity index (χ1) is 10.1. The zero-order valence-corrected chi connectivity index (χ0v) is 12.6. The van der Waals surface area contributed by atoms with Crippen LogP contribution < -0.4 is 10.4 Å². The Labute approximate surface area is 126 Å². The Morgan fingerprint density at radius 1 is 1.60 bits per heavy atom. The first-order valence-corrected chi connectivity index (χ1v) is 7.16. The second-order valence-corrected chi connectivity index (χ2v) is 5.53. The van der Waals surface area contributed by atoms with E-state index in [4.69, 9.17) is 6.15 Å². The number of nitrogens with one attached hydrogen (secondary N) is 1. The van der Waals surface area contributed by atoms with E-state index in [1.807, 2.05) is 5.38 Å². The highest BCUT2D eigenvalue weighted by atomic mass is 79.9. The average molecular weight is 359 g/mol. The molecule has 0 aliphatic carbocycles. The molecule has 0 fully saturated rings. The molecule has 0 bridgehead atoms. The standard InChI is InChI=1S/C10H9BrN6O2S/c1-16-10(18)17(15-14-16)9-6(7(11)5-20-9)4-19-8-2-3-12-13-8/h2-3,5H,4H2,1H3,(H,12,13)/i/hT. The van der Waals surface area contributed by atoms with Gasteiger partial charge in [0.1, 0.15) is 11.6 Å². The molecule has 0 atom stereocenters. The van der Waals surface area contributed by atoms with Gasteiger partial charge in [-0.05, 0) is 26.4 Å². The van der Waals surface area contributed by atoms with Crippen LogP contribution in [0.3, 0.4) is 0 Å². The first kappa shape index (κ1) is 11.9. The second-order valence-electron chi connectivity index (χ2n) is 3.82. The number of H-pyrrole nitrogens is 1. The number of rotatable bonds is 4. The zero-order chi connectivity index (χ0) is 15.0. The summed E-state index contributed by atoms with van der Waals surface area (Å²) >= 11 is 4.78. The van der Waals surface area contributed by atoms with E-state index in [9.17, 15) is 4.79 Å². The van der Waals surface area contributed by atoms with Crippen LogP contribution in [0.25, 0.3) is 5.00 Å². The molecule has 0 aliphatic rings. The van der Waals surface area contributed by atoms with Crippen molar-refractivity contribution < 1.29 is 6.15 Å². The van der Waals surface area contributed by atoms with Crippen LogP contribution in [-0.4, -0.2) is 30.0 Å². The summed E-state index contributed by atoms with van der Waals surface area (Å²) in [6.07, 6.45) is 1.46. The third-order valence-electron chi connectivity index (χ3n) is 2.54. The Kier molecular flexibility index (Phi) is 3.09. The van der Waals surface area contributed by atoms with Gasteiger partial charge in [-0.15, -0.1) is 21.1 Å². The number of aromatic nitrogens is 6. The maximum atomic E-state index is 11.9. The number of aryl methyl sites for hydroxylation is 1. The lowest BCUT2D eigenvalue weighted by molar-refractivity contribution is 0.292. The number of tetrazole rings is 1. The second kappa shape index (κ2) is 5.21. The van der Waals surface area contributed by atoms with Crippen molar-refractivity contribution >= 4 is 27.3 Å². The predicted octanol–water partition coefficient (Wildman–Crippen LogP) is 1.09. The van der Waals surface area contributed by atoms with Gasteiger partial charge in [0.2, 0.25) is 5.88 Å². The Morgan fingerprint density at radius 2 is 2.45 bits per heavy atom. The molecule has 0 aliphatic heterocycles. The normalized spacial score (nSPS) is 11.6. The van der Waals surface area contributed by atoms with Crippen LogP contribution >= 0.6 is 27.3 Å². The Bertz CT molecular complexity index is 837. The molecule has 0 radical (unpaired) electrons. The van der Waals surface area contributed by atoms with E-state index in [0.29, 0.717) is 10.9 Å². The molecule has 0 amide bonds. The third kappa shape index (κ3) is 2.27. The van der Waals surface area contributed by atoms with E-state index in [1.54, 1.807) is 6.07 Å². The summed E-state index contributed by atoms with van der Waals surface area (Å²) in [5.74, 6) is 0.334. The van der Waals surface area contributed by atoms with Crippen molar-refractivity contribution in [3.8, 4) is 10.9 Å². The van der Waals surface area contributed by atoms with Gasteiger partial charge >= 0.3 is 5.69 Å². The molecule has 0 saturated carbocycles. The molecule has 3 aromatic heterocycles. The minimum absolute atomic E-state index is 0.194. The molecular formula is C10H9BrN6O2S. The van der Waals surface area contributed by atoms with Gasteiger partial charge in [-0.3, -0.25) is 5.09 Å². The Morgan fingerprint density at radius 3 is 3.10 bits per heavy atom. The van der Waals surface area contributed by atoms with Gasteiger partial charge in [0.15, 0.2) is 1.41 Å². The molecule has 10 heteroatoms. The Hall–Kier alpha value is -1.94. The van der Waals surface area contributed by atoms with Crippen molar-refractivity contribution in [2.45, 2.75) is 6.61 Å². The van der Waals surface area contributed by atoms with Crippen LogP contribution in [0.1, 0.15) is 5.56 Å². The monoisotopic (exact) mass is 358 g/mol. The minimum Gasteiger partial charge on any atom is -0.472 e. The van der Waals surface area contributed by atoms with Crippen molar-refractivity contribution in [2.75, 3.05) is 0 Å². The summed E-state index contributed by atoms with van der Waals surface area (Å²) in [4.78, 5) is 11.9. The van der Waals surface area contributed by atoms with Gasteiger partial charge < -0.3 is 4.74 Å². The maximum absolute atomic E-state index is 11.9. The van der Waals surface area contributed by atoms with Crippen LogP contribution in [0.5, 0.6) is 5.88 Å². The van der Waals surface area contributed by atoms with Gasteiger partial charge in [-0.25, -0.2) is 4.79 Å². The van der Waals surface area contributed by atoms with Gasteiger partial charge in [0, 0.05) is 34.7 Å². The van der Waals surface area contributed by atoms with Crippen LogP contribution in [0.2, 0.25) is 1.41 Å². The van der Waals surface area contributed by atoms with Crippen LogP contribution in [0.15, 0.2) is 26.9 Å². The molecular weight excluding hydrogens is 348 g/mol. The third-order valence-corrected chi connectivity index (χ3v) is 4.55. The van der Waals surface area contributed by atoms with Gasteiger partial charge in [0.05, 0.1) is 0 Å². The molecule has 0 spiro atoms. The van der Waals surface area contributed by atoms with Gasteiger partial charge in [-0.1, -0.05) is 0 Å². The van der Waals surface area contributed by atoms with Crippen LogP contribution in [0, 0.1) is 0 Å². The van der Waals surface area contributed by atoms with E-state index in [-0.39, 0.29) is 12.3 Å². The van der Waals surface area contributed by atoms with Crippen LogP contribution in [0.4, 0.5) is 0 Å². The lowest BCUT2D eigenvalue weighted by Crippen LogP contribution is -2.22. The summed E-state index contributed by atoms with van der Waals surface area (Å²) in [7, 11) is 1.53. The lowest BCUT2D eigenvalue weighted by atomic mass is 10.3. The Balaban J connectivity index is 1.90. The molecule has 3 rings (SSSR count). The van der Waals surface area contributed by atoms with Crippen molar-refractivity contribution in [1.29, 1.82) is 0 Å². The first-order valence-electron chi connectivity index (χ1n) is 5.94. The number of hydrogen-bond acceptors (Lipinski definition) is 6. The van der Waals surface area contributed by atoms with Crippen molar-refractivity contribution in [3.63, 3.8) is 0 Å². The SMILES string of the molecule is [3H]n1ccc(OCc2c(Br)csc2-n2nnn(C)c2=O)n1. The van der Waals surface area contributed by atoms with Gasteiger partial charge in [0.25, 0.3) is 0 Å². The van der Waals surface area contributed by atoms with Crippen molar-refractivity contribution in [3.05, 3.63) is 38.2 Å². The lowest BCUT2D eigenvalue weighted by Gasteiger charge is -2.04. The molecule has 0 saturated heterocycles. The van der Waals surface area contributed by atoms with Crippen molar-refractivity contribution in [2.24, 2.45) is 7.05 Å². The highest BCUT2D eigenvalue weighted by Gasteiger charge is 2.17. The molecule has 20 heavy (non-hydrogen) atoms. The highest BCUT2D eigenvalue weighted by molar-refractivity contribution is 9.10. The van der Waals surface area contributed by atoms with E-state index in [0.717, 1.165) is 19.8 Å². The average Bonchev–Trinajstić information content (AvgIpc) is 3.11. The summed E-state index contributed by atoms with van der Waals surface area (Å²) in [5.41, 5.74) is 0.433. The molecule has 0 unspecified atom stereocenters. The molecule has 104 valence electrons. The number of aromatic amines is 1. The highest BCUT2D eigenvalue weighted by Crippen LogP contribution is 2.30. The molecule has 8 nitrogen and oxygen atoms in total. The van der Waals surface area contributed by atoms with Gasteiger partial charge in [-0.2, -0.15) is 4.68 Å². The fraction of sp³-hybridized carbons (Fsp3) is 0.200. The zero-order valence-electron chi connectivity index (χ0n) is 11.2. The fourth-order valence-corrected chi connectivity index (χ4v) is 3.14. The molecule has 3 heterocycles. The molecule has 0 aromatic carbocycles. The number of thiophene rings is 1. The van der Waals surface area contributed by atoms with E-state index < -0.39 is 0 Å². The smallest absolute Gasteiger partial charge is 0.368 e. The quantitative estimate of drug-likeness (QED) is 0.753. The fourth-order valence-electron chi connectivity index (χ4n) is 1.55. The number of ether oxygens (including phenoxy) is 1. The summed E-state index contributed by atoms with van der Waals surface area (Å²) in [6, 6.07) is 1.58. The van der Waals surface area contributed by atoms with E-state index in [2.05, 4.69) is 31.5 Å². The minimum atomic E-state index is -0.332. The van der Waals surface area contributed by atoms with Crippen LogP contribution in [-0.2, 0) is 13.7 Å². The summed E-state index contributed by atoms with van der Waals surface area (Å²) in [5, 5.41) is 14.7. The molecule has 3 aromatic rings.